The number of methoxy groups -OCH3 is 2. The van der Waals surface area contributed by atoms with Gasteiger partial charge in [-0.25, -0.2) is 18.0 Å². The van der Waals surface area contributed by atoms with Gasteiger partial charge in [0.15, 0.2) is 29.0 Å². The van der Waals surface area contributed by atoms with Crippen LogP contribution in [0.4, 0.5) is 13.2 Å². The number of carbonyl (C=O) groups excluding carboxylic acids is 1. The van der Waals surface area contributed by atoms with E-state index in [1.54, 1.807) is 36.4 Å². The molecule has 0 heterocycles. The summed E-state index contributed by atoms with van der Waals surface area (Å²) in [5, 5.41) is 9.55. The van der Waals surface area contributed by atoms with Crippen LogP contribution in [-0.2, 0) is 0 Å². The monoisotopic (exact) mass is 439 g/mol. The van der Waals surface area contributed by atoms with Crippen LogP contribution >= 0.6 is 0 Å². The summed E-state index contributed by atoms with van der Waals surface area (Å²) < 4.78 is 55.6. The summed E-state index contributed by atoms with van der Waals surface area (Å²) in [6, 6.07) is 14.6. The maximum Gasteiger partial charge on any atom is 0.346 e. The Morgan fingerprint density at radius 2 is 1.59 bits per heavy atom. The fourth-order valence-electron chi connectivity index (χ4n) is 2.83. The number of esters is 1. The molecule has 0 saturated carbocycles. The zero-order chi connectivity index (χ0) is 23.3. The fourth-order valence-corrected chi connectivity index (χ4v) is 2.83. The van der Waals surface area contributed by atoms with E-state index in [9.17, 15) is 23.2 Å². The van der Waals surface area contributed by atoms with Gasteiger partial charge in [0.25, 0.3) is 0 Å². The highest BCUT2D eigenvalue weighted by Gasteiger charge is 2.20. The van der Waals surface area contributed by atoms with Crippen molar-refractivity contribution in [2.24, 2.45) is 0 Å². The maximum atomic E-state index is 13.8. The molecule has 0 aromatic heterocycles. The van der Waals surface area contributed by atoms with Crippen molar-refractivity contribution in [3.63, 3.8) is 0 Å². The van der Waals surface area contributed by atoms with Crippen molar-refractivity contribution in [2.45, 2.75) is 0 Å². The smallest absolute Gasteiger partial charge is 0.346 e. The summed E-state index contributed by atoms with van der Waals surface area (Å²) in [6.45, 7) is 0. The van der Waals surface area contributed by atoms with Gasteiger partial charge in [-0.05, 0) is 59.7 Å². The SMILES string of the molecule is COc1ccc(/C(C#N)=C\c2ccc(OC(=O)c3ccc(F)c(F)c3F)cc2)cc1OC. The summed E-state index contributed by atoms with van der Waals surface area (Å²) >= 11 is 0. The molecule has 3 aromatic rings. The van der Waals surface area contributed by atoms with Crippen LogP contribution < -0.4 is 14.2 Å². The van der Waals surface area contributed by atoms with Crippen molar-refractivity contribution in [3.05, 3.63) is 88.7 Å². The molecular weight excluding hydrogens is 423 g/mol. The highest BCUT2D eigenvalue weighted by atomic mass is 19.2. The van der Waals surface area contributed by atoms with Crippen molar-refractivity contribution in [3.8, 4) is 23.3 Å². The van der Waals surface area contributed by atoms with Gasteiger partial charge in [-0.1, -0.05) is 12.1 Å². The highest BCUT2D eigenvalue weighted by Crippen LogP contribution is 2.31. The van der Waals surface area contributed by atoms with Gasteiger partial charge in [0.05, 0.1) is 31.4 Å². The molecule has 0 aliphatic carbocycles. The van der Waals surface area contributed by atoms with Gasteiger partial charge in [-0.15, -0.1) is 0 Å². The molecular formula is C24H16F3NO4. The topological polar surface area (TPSA) is 68.5 Å². The molecule has 8 heteroatoms. The predicted octanol–water partition coefficient (Wildman–Crippen LogP) is 5.40. The third-order valence-electron chi connectivity index (χ3n) is 4.47. The van der Waals surface area contributed by atoms with Gasteiger partial charge < -0.3 is 14.2 Å². The molecule has 32 heavy (non-hydrogen) atoms. The number of hydrogen-bond acceptors (Lipinski definition) is 5. The first-order valence-corrected chi connectivity index (χ1v) is 9.18. The standard InChI is InChI=1S/C24H16F3NO4/c1-30-20-10-5-15(12-21(20)31-2)16(13-28)11-14-3-6-17(7-4-14)32-24(29)18-8-9-19(25)23(27)22(18)26/h3-12H,1-2H3/b16-11-. The average Bonchev–Trinajstić information content (AvgIpc) is 2.81. The van der Waals surface area contributed by atoms with Crippen molar-refractivity contribution in [2.75, 3.05) is 14.2 Å². The van der Waals surface area contributed by atoms with Gasteiger partial charge in [0.2, 0.25) is 0 Å². The second-order valence-corrected chi connectivity index (χ2v) is 6.42. The summed E-state index contributed by atoms with van der Waals surface area (Å²) in [6.07, 6.45) is 1.61. The number of rotatable bonds is 6. The Morgan fingerprint density at radius 1 is 0.906 bits per heavy atom. The normalized spacial score (nSPS) is 10.9. The second kappa shape index (κ2) is 9.71. The minimum Gasteiger partial charge on any atom is -0.493 e. The van der Waals surface area contributed by atoms with Crippen LogP contribution in [0.25, 0.3) is 11.6 Å². The van der Waals surface area contributed by atoms with Gasteiger partial charge >= 0.3 is 5.97 Å². The molecule has 0 saturated heterocycles. The number of nitrogens with zero attached hydrogens (tertiary/aromatic N) is 1. The lowest BCUT2D eigenvalue weighted by Crippen LogP contribution is -2.12. The minimum atomic E-state index is -1.75. The maximum absolute atomic E-state index is 13.8. The van der Waals surface area contributed by atoms with E-state index in [0.29, 0.717) is 34.3 Å². The zero-order valence-corrected chi connectivity index (χ0v) is 17.0. The quantitative estimate of drug-likeness (QED) is 0.169. The third kappa shape index (κ3) is 4.73. The Bertz CT molecular complexity index is 1230. The Hall–Kier alpha value is -4.25. The summed E-state index contributed by atoms with van der Waals surface area (Å²) in [5.41, 5.74) is 0.845. The Morgan fingerprint density at radius 3 is 2.22 bits per heavy atom. The molecule has 0 radical (unpaired) electrons. The minimum absolute atomic E-state index is 0.0564. The molecule has 0 unspecified atom stereocenters. The van der Waals surface area contributed by atoms with E-state index >= 15 is 0 Å². The lowest BCUT2D eigenvalue weighted by Gasteiger charge is -2.09. The third-order valence-corrected chi connectivity index (χ3v) is 4.47. The molecule has 0 spiro atoms. The molecule has 0 aliphatic heterocycles. The molecule has 0 N–H and O–H groups in total. The van der Waals surface area contributed by atoms with E-state index in [1.165, 1.54) is 26.4 Å². The largest absolute Gasteiger partial charge is 0.493 e. The number of ether oxygens (including phenoxy) is 3. The molecule has 0 atom stereocenters. The van der Waals surface area contributed by atoms with Crippen LogP contribution in [0.5, 0.6) is 17.2 Å². The lowest BCUT2D eigenvalue weighted by molar-refractivity contribution is 0.0728. The molecule has 3 rings (SSSR count). The molecule has 0 amide bonds. The lowest BCUT2D eigenvalue weighted by atomic mass is 10.0. The predicted molar refractivity (Wildman–Crippen MR) is 111 cm³/mol. The van der Waals surface area contributed by atoms with E-state index in [0.717, 1.165) is 6.07 Å². The second-order valence-electron chi connectivity index (χ2n) is 6.42. The first-order valence-electron chi connectivity index (χ1n) is 9.18. The average molecular weight is 439 g/mol. The van der Waals surface area contributed by atoms with Gasteiger partial charge in [-0.2, -0.15) is 5.26 Å². The van der Waals surface area contributed by atoms with Crippen molar-refractivity contribution >= 4 is 17.6 Å². The van der Waals surface area contributed by atoms with Crippen LogP contribution in [0.2, 0.25) is 0 Å². The first kappa shape index (κ1) is 22.4. The Kier molecular flexibility index (Phi) is 6.80. The molecule has 0 aliphatic rings. The summed E-state index contributed by atoms with van der Waals surface area (Å²) in [7, 11) is 3.00. The number of nitriles is 1. The number of hydrogen-bond donors (Lipinski definition) is 0. The van der Waals surface area contributed by atoms with Crippen molar-refractivity contribution in [1.29, 1.82) is 5.26 Å². The van der Waals surface area contributed by atoms with Crippen molar-refractivity contribution in [1.82, 2.24) is 0 Å². The number of allylic oxidation sites excluding steroid dienone is 1. The Labute approximate surface area is 181 Å². The van der Waals surface area contributed by atoms with E-state index in [-0.39, 0.29) is 5.75 Å². The van der Waals surface area contributed by atoms with Gasteiger partial charge in [0, 0.05) is 0 Å². The number of benzene rings is 3. The van der Waals surface area contributed by atoms with E-state index in [1.807, 2.05) is 0 Å². The number of halogens is 3. The van der Waals surface area contributed by atoms with Crippen LogP contribution in [-0.4, -0.2) is 20.2 Å². The molecule has 3 aromatic carbocycles. The van der Waals surface area contributed by atoms with Gasteiger partial charge in [-0.3, -0.25) is 0 Å². The van der Waals surface area contributed by atoms with Crippen molar-refractivity contribution < 1.29 is 32.2 Å². The van der Waals surface area contributed by atoms with Crippen LogP contribution in [0.15, 0.2) is 54.6 Å². The number of carbonyl (C=O) groups is 1. The molecule has 5 nitrogen and oxygen atoms in total. The summed E-state index contributed by atoms with van der Waals surface area (Å²) in [4.78, 5) is 12.1. The fraction of sp³-hybridized carbons (Fsp3) is 0.0833. The highest BCUT2D eigenvalue weighted by molar-refractivity contribution is 5.92. The van der Waals surface area contributed by atoms with E-state index in [2.05, 4.69) is 6.07 Å². The van der Waals surface area contributed by atoms with Crippen LogP contribution in [0.1, 0.15) is 21.5 Å². The van der Waals surface area contributed by atoms with E-state index < -0.39 is 29.0 Å². The van der Waals surface area contributed by atoms with Crippen LogP contribution in [0.3, 0.4) is 0 Å². The molecule has 162 valence electrons. The van der Waals surface area contributed by atoms with Crippen LogP contribution in [0, 0.1) is 28.8 Å². The molecule has 0 bridgehead atoms. The Balaban J connectivity index is 1.80. The van der Waals surface area contributed by atoms with Gasteiger partial charge in [0.1, 0.15) is 5.75 Å². The van der Waals surface area contributed by atoms with E-state index in [4.69, 9.17) is 14.2 Å². The summed E-state index contributed by atoms with van der Waals surface area (Å²) in [5.74, 6) is -4.90. The zero-order valence-electron chi connectivity index (χ0n) is 17.0. The first-order chi connectivity index (χ1) is 15.4. The molecule has 0 fully saturated rings.